The van der Waals surface area contributed by atoms with Crippen LogP contribution in [0.2, 0.25) is 0 Å². The number of hydrogen-bond donors (Lipinski definition) is 0. The summed E-state index contributed by atoms with van der Waals surface area (Å²) in [5.41, 5.74) is -0.973. The topological polar surface area (TPSA) is 22.0 Å². The van der Waals surface area contributed by atoms with Crippen molar-refractivity contribution in [2.45, 2.75) is 33.4 Å². The minimum atomic E-state index is -4.39. The first-order chi connectivity index (χ1) is 7.36. The maximum atomic E-state index is 12.3. The summed E-state index contributed by atoms with van der Waals surface area (Å²) in [6, 6.07) is 0.905. The number of pyridine rings is 1. The van der Waals surface area contributed by atoms with Crippen LogP contribution in [0.1, 0.15) is 31.9 Å². The van der Waals surface area contributed by atoms with Gasteiger partial charge in [-0.15, -0.1) is 0 Å². The van der Waals surface area contributed by atoms with E-state index in [1.807, 2.05) is 13.8 Å². The van der Waals surface area contributed by atoms with Gasteiger partial charge in [0.2, 0.25) is 0 Å². The van der Waals surface area contributed by atoms with Crippen molar-refractivity contribution in [1.82, 2.24) is 4.57 Å². The fourth-order valence-corrected chi connectivity index (χ4v) is 1.19. The van der Waals surface area contributed by atoms with Gasteiger partial charge in [-0.3, -0.25) is 4.79 Å². The summed E-state index contributed by atoms with van der Waals surface area (Å²) >= 11 is 0. The van der Waals surface area contributed by atoms with Crippen molar-refractivity contribution >= 4 is 0 Å². The number of aryl methyl sites for hydroxylation is 2. The van der Waals surface area contributed by atoms with E-state index in [1.165, 1.54) is 7.05 Å². The SMILES string of the molecule is CC.CCc1cc(C(F)(F)F)cn(C)c1=O. The average Bonchev–Trinajstić information content (AvgIpc) is 2.23. The lowest BCUT2D eigenvalue weighted by Gasteiger charge is -2.09. The van der Waals surface area contributed by atoms with Crippen LogP contribution in [-0.2, 0) is 19.6 Å². The smallest absolute Gasteiger partial charge is 0.318 e. The quantitative estimate of drug-likeness (QED) is 0.733. The van der Waals surface area contributed by atoms with Crippen LogP contribution in [0, 0.1) is 0 Å². The predicted octanol–water partition coefficient (Wildman–Crippen LogP) is 2.99. The molecule has 0 aliphatic carbocycles. The van der Waals surface area contributed by atoms with Crippen molar-refractivity contribution in [3.63, 3.8) is 0 Å². The summed E-state index contributed by atoms with van der Waals surface area (Å²) in [4.78, 5) is 11.3. The van der Waals surface area contributed by atoms with Gasteiger partial charge in [-0.05, 0) is 12.5 Å². The van der Waals surface area contributed by atoms with Gasteiger partial charge in [0.15, 0.2) is 0 Å². The highest BCUT2D eigenvalue weighted by Gasteiger charge is 2.31. The Hall–Kier alpha value is -1.26. The molecule has 0 unspecified atom stereocenters. The Morgan fingerprint density at radius 1 is 1.31 bits per heavy atom. The molecule has 0 aromatic carbocycles. The highest BCUT2D eigenvalue weighted by atomic mass is 19.4. The van der Waals surface area contributed by atoms with Gasteiger partial charge in [-0.25, -0.2) is 0 Å². The molecule has 5 heteroatoms. The molecule has 16 heavy (non-hydrogen) atoms. The number of rotatable bonds is 1. The van der Waals surface area contributed by atoms with Gasteiger partial charge >= 0.3 is 6.18 Å². The van der Waals surface area contributed by atoms with Crippen LogP contribution in [0.15, 0.2) is 17.1 Å². The molecule has 92 valence electrons. The van der Waals surface area contributed by atoms with Crippen molar-refractivity contribution < 1.29 is 13.2 Å². The molecule has 0 atom stereocenters. The lowest BCUT2D eigenvalue weighted by atomic mass is 10.1. The molecular weight excluding hydrogens is 219 g/mol. The molecule has 1 aromatic heterocycles. The first kappa shape index (κ1) is 14.7. The highest BCUT2D eigenvalue weighted by Crippen LogP contribution is 2.28. The second-order valence-corrected chi connectivity index (χ2v) is 3.02. The molecule has 0 amide bonds. The standard InChI is InChI=1S/C9H10F3NO.C2H6/c1-3-6-4-7(9(10,11)12)5-13(2)8(6)14;1-2/h4-5H,3H2,1-2H3;1-2H3. The van der Waals surface area contributed by atoms with Crippen LogP contribution in [0.4, 0.5) is 13.2 Å². The molecule has 1 aromatic rings. The van der Waals surface area contributed by atoms with Crippen LogP contribution in [0.25, 0.3) is 0 Å². The number of aromatic nitrogens is 1. The zero-order valence-electron chi connectivity index (χ0n) is 9.85. The zero-order valence-corrected chi connectivity index (χ0v) is 9.85. The van der Waals surface area contributed by atoms with E-state index >= 15 is 0 Å². The minimum absolute atomic E-state index is 0.183. The van der Waals surface area contributed by atoms with Crippen LogP contribution >= 0.6 is 0 Å². The van der Waals surface area contributed by atoms with Crippen LogP contribution in [0.3, 0.4) is 0 Å². The van der Waals surface area contributed by atoms with Gasteiger partial charge in [0, 0.05) is 18.8 Å². The summed E-state index contributed by atoms with van der Waals surface area (Å²) < 4.78 is 37.9. The van der Waals surface area contributed by atoms with Crippen LogP contribution in [0.5, 0.6) is 0 Å². The maximum absolute atomic E-state index is 12.3. The molecule has 0 bridgehead atoms. The fourth-order valence-electron chi connectivity index (χ4n) is 1.19. The third-order valence-corrected chi connectivity index (χ3v) is 1.97. The monoisotopic (exact) mass is 235 g/mol. The van der Waals surface area contributed by atoms with E-state index in [-0.39, 0.29) is 11.1 Å². The normalized spacial score (nSPS) is 10.7. The van der Waals surface area contributed by atoms with Gasteiger partial charge in [0.1, 0.15) is 0 Å². The third kappa shape index (κ3) is 3.40. The lowest BCUT2D eigenvalue weighted by Crippen LogP contribution is -2.23. The van der Waals surface area contributed by atoms with Gasteiger partial charge in [-0.1, -0.05) is 20.8 Å². The van der Waals surface area contributed by atoms with Gasteiger partial charge in [0.25, 0.3) is 5.56 Å². The van der Waals surface area contributed by atoms with Crippen LogP contribution < -0.4 is 5.56 Å². The van der Waals surface area contributed by atoms with Crippen molar-refractivity contribution in [1.29, 1.82) is 0 Å². The Morgan fingerprint density at radius 3 is 2.19 bits per heavy atom. The lowest BCUT2D eigenvalue weighted by molar-refractivity contribution is -0.138. The van der Waals surface area contributed by atoms with Gasteiger partial charge in [-0.2, -0.15) is 13.2 Å². The summed E-state index contributed by atoms with van der Waals surface area (Å²) in [5.74, 6) is 0. The third-order valence-electron chi connectivity index (χ3n) is 1.97. The summed E-state index contributed by atoms with van der Waals surface area (Å²) in [7, 11) is 1.32. The predicted molar refractivity (Wildman–Crippen MR) is 57.4 cm³/mol. The molecule has 0 saturated carbocycles. The van der Waals surface area contributed by atoms with E-state index in [0.29, 0.717) is 6.42 Å². The summed E-state index contributed by atoms with van der Waals surface area (Å²) in [6.45, 7) is 5.65. The second kappa shape index (κ2) is 5.72. The van der Waals surface area contributed by atoms with E-state index in [4.69, 9.17) is 0 Å². The summed E-state index contributed by atoms with van der Waals surface area (Å²) in [5, 5.41) is 0. The van der Waals surface area contributed by atoms with Gasteiger partial charge < -0.3 is 4.57 Å². The molecule has 0 fully saturated rings. The molecule has 2 nitrogen and oxygen atoms in total. The zero-order chi connectivity index (χ0) is 12.9. The first-order valence-electron chi connectivity index (χ1n) is 5.13. The number of alkyl halides is 3. The van der Waals surface area contributed by atoms with Crippen molar-refractivity contribution in [3.8, 4) is 0 Å². The molecule has 0 radical (unpaired) electrons. The molecule has 0 aliphatic rings. The molecule has 0 saturated heterocycles. The Labute approximate surface area is 92.7 Å². The van der Waals surface area contributed by atoms with Crippen molar-refractivity contribution in [3.05, 3.63) is 33.7 Å². The maximum Gasteiger partial charge on any atom is 0.417 e. The van der Waals surface area contributed by atoms with E-state index in [9.17, 15) is 18.0 Å². The second-order valence-electron chi connectivity index (χ2n) is 3.02. The molecule has 0 spiro atoms. The average molecular weight is 235 g/mol. The number of hydrogen-bond acceptors (Lipinski definition) is 1. The van der Waals surface area contributed by atoms with E-state index in [1.54, 1.807) is 6.92 Å². The number of nitrogens with zero attached hydrogens (tertiary/aromatic N) is 1. The largest absolute Gasteiger partial charge is 0.417 e. The molecule has 0 aliphatic heterocycles. The molecule has 1 heterocycles. The Balaban J connectivity index is 0.00000106. The molecular formula is C11H16F3NO. The number of halogens is 3. The minimum Gasteiger partial charge on any atom is -0.318 e. The van der Waals surface area contributed by atoms with Gasteiger partial charge in [0.05, 0.1) is 5.56 Å². The first-order valence-corrected chi connectivity index (χ1v) is 5.13. The van der Waals surface area contributed by atoms with E-state index in [0.717, 1.165) is 16.8 Å². The highest BCUT2D eigenvalue weighted by molar-refractivity contribution is 5.21. The fraction of sp³-hybridized carbons (Fsp3) is 0.545. The Bertz CT molecular complexity index is 393. The van der Waals surface area contributed by atoms with Crippen LogP contribution in [-0.4, -0.2) is 4.57 Å². The Kier molecular flexibility index (Phi) is 5.27. The Morgan fingerprint density at radius 2 is 1.81 bits per heavy atom. The van der Waals surface area contributed by atoms with E-state index < -0.39 is 11.7 Å². The molecule has 1 rings (SSSR count). The summed E-state index contributed by atoms with van der Waals surface area (Å²) in [6.07, 6.45) is -3.28. The van der Waals surface area contributed by atoms with E-state index in [2.05, 4.69) is 0 Å². The van der Waals surface area contributed by atoms with Crippen molar-refractivity contribution in [2.75, 3.05) is 0 Å². The van der Waals surface area contributed by atoms with Crippen molar-refractivity contribution in [2.24, 2.45) is 7.05 Å². The molecule has 0 N–H and O–H groups in total.